The average molecular weight is 220 g/mol. The SMILES string of the molecule is CCc1nc(-c2cccs2)[nH]c(=O)c1C. The van der Waals surface area contributed by atoms with Crippen LogP contribution in [0, 0.1) is 6.92 Å². The van der Waals surface area contributed by atoms with Crippen molar-refractivity contribution >= 4 is 11.3 Å². The van der Waals surface area contributed by atoms with Crippen LogP contribution in [0.25, 0.3) is 10.7 Å². The van der Waals surface area contributed by atoms with E-state index >= 15 is 0 Å². The van der Waals surface area contributed by atoms with Crippen LogP contribution in [0.1, 0.15) is 18.2 Å². The normalized spacial score (nSPS) is 10.5. The number of H-pyrrole nitrogens is 1. The summed E-state index contributed by atoms with van der Waals surface area (Å²) in [6.45, 7) is 3.82. The number of rotatable bonds is 2. The van der Waals surface area contributed by atoms with Crippen molar-refractivity contribution in [3.8, 4) is 10.7 Å². The molecule has 0 fully saturated rings. The Balaban J connectivity index is 2.61. The average Bonchev–Trinajstić information content (AvgIpc) is 2.75. The summed E-state index contributed by atoms with van der Waals surface area (Å²) in [4.78, 5) is 19.9. The highest BCUT2D eigenvalue weighted by molar-refractivity contribution is 7.13. The van der Waals surface area contributed by atoms with Gasteiger partial charge in [-0.25, -0.2) is 4.98 Å². The maximum absolute atomic E-state index is 11.6. The van der Waals surface area contributed by atoms with Crippen LogP contribution in [0.2, 0.25) is 0 Å². The highest BCUT2D eigenvalue weighted by Gasteiger charge is 2.07. The summed E-state index contributed by atoms with van der Waals surface area (Å²) in [5, 5.41) is 1.97. The molecule has 2 aromatic rings. The number of nitrogens with zero attached hydrogens (tertiary/aromatic N) is 1. The van der Waals surface area contributed by atoms with Gasteiger partial charge in [0.1, 0.15) is 0 Å². The Kier molecular flexibility index (Phi) is 2.68. The van der Waals surface area contributed by atoms with E-state index in [1.165, 1.54) is 0 Å². The molecule has 2 rings (SSSR count). The first kappa shape index (κ1) is 10.1. The van der Waals surface area contributed by atoms with Crippen LogP contribution in [0.15, 0.2) is 22.3 Å². The first-order valence-electron chi connectivity index (χ1n) is 4.86. The van der Waals surface area contributed by atoms with Crippen LogP contribution in [0.5, 0.6) is 0 Å². The number of hydrogen-bond donors (Lipinski definition) is 1. The van der Waals surface area contributed by atoms with Gasteiger partial charge in [0, 0.05) is 5.56 Å². The zero-order valence-electron chi connectivity index (χ0n) is 8.70. The third-order valence-electron chi connectivity index (χ3n) is 2.34. The number of aromatic amines is 1. The summed E-state index contributed by atoms with van der Waals surface area (Å²) in [6, 6.07) is 3.91. The monoisotopic (exact) mass is 220 g/mol. The summed E-state index contributed by atoms with van der Waals surface area (Å²) >= 11 is 1.58. The lowest BCUT2D eigenvalue weighted by atomic mass is 10.2. The largest absolute Gasteiger partial charge is 0.306 e. The molecular formula is C11H12N2OS. The first-order valence-corrected chi connectivity index (χ1v) is 5.74. The number of nitrogens with one attached hydrogen (secondary N) is 1. The molecule has 3 nitrogen and oxygen atoms in total. The molecule has 0 saturated heterocycles. The predicted octanol–water partition coefficient (Wildman–Crippen LogP) is 2.37. The van der Waals surface area contributed by atoms with Crippen LogP contribution in [0.3, 0.4) is 0 Å². The van der Waals surface area contributed by atoms with Crippen molar-refractivity contribution in [3.05, 3.63) is 39.1 Å². The Bertz CT molecular complexity index is 514. The van der Waals surface area contributed by atoms with Crippen LogP contribution in [-0.4, -0.2) is 9.97 Å². The van der Waals surface area contributed by atoms with Gasteiger partial charge < -0.3 is 4.98 Å². The molecule has 0 aliphatic rings. The topological polar surface area (TPSA) is 45.8 Å². The van der Waals surface area contributed by atoms with Crippen molar-refractivity contribution < 1.29 is 0 Å². The van der Waals surface area contributed by atoms with Gasteiger partial charge in [0.2, 0.25) is 0 Å². The molecule has 2 heterocycles. The van der Waals surface area contributed by atoms with Crippen molar-refractivity contribution in [2.24, 2.45) is 0 Å². The molecule has 78 valence electrons. The minimum absolute atomic E-state index is 0.0368. The van der Waals surface area contributed by atoms with E-state index in [4.69, 9.17) is 0 Å². The zero-order valence-corrected chi connectivity index (χ0v) is 9.52. The molecule has 0 bridgehead atoms. The van der Waals surface area contributed by atoms with E-state index in [9.17, 15) is 4.79 Å². The molecule has 1 N–H and O–H groups in total. The number of thiophene rings is 1. The molecule has 15 heavy (non-hydrogen) atoms. The number of aryl methyl sites for hydroxylation is 1. The van der Waals surface area contributed by atoms with Crippen molar-refractivity contribution in [1.82, 2.24) is 9.97 Å². The molecule has 0 radical (unpaired) electrons. The molecule has 0 spiro atoms. The Morgan fingerprint density at radius 1 is 1.53 bits per heavy atom. The first-order chi connectivity index (χ1) is 7.22. The third-order valence-corrected chi connectivity index (χ3v) is 3.22. The Morgan fingerprint density at radius 2 is 2.33 bits per heavy atom. The second-order valence-corrected chi connectivity index (χ2v) is 4.26. The van der Waals surface area contributed by atoms with Gasteiger partial charge in [-0.05, 0) is 24.8 Å². The van der Waals surface area contributed by atoms with E-state index < -0.39 is 0 Å². The maximum atomic E-state index is 11.6. The van der Waals surface area contributed by atoms with Gasteiger partial charge in [-0.1, -0.05) is 13.0 Å². The molecule has 0 aromatic carbocycles. The third kappa shape index (κ3) is 1.85. The van der Waals surface area contributed by atoms with E-state index in [1.807, 2.05) is 31.4 Å². The minimum Gasteiger partial charge on any atom is -0.306 e. The van der Waals surface area contributed by atoms with Crippen LogP contribution < -0.4 is 5.56 Å². The number of hydrogen-bond acceptors (Lipinski definition) is 3. The molecule has 0 amide bonds. The van der Waals surface area contributed by atoms with Gasteiger partial charge in [0.25, 0.3) is 5.56 Å². The van der Waals surface area contributed by atoms with Gasteiger partial charge in [0.05, 0.1) is 10.6 Å². The summed E-state index contributed by atoms with van der Waals surface area (Å²) in [6.07, 6.45) is 0.786. The van der Waals surface area contributed by atoms with Gasteiger partial charge >= 0.3 is 0 Å². The standard InChI is InChI=1S/C11H12N2OS/c1-3-8-7(2)11(14)13-10(12-8)9-5-4-6-15-9/h4-6H,3H2,1-2H3,(H,12,13,14). The highest BCUT2D eigenvalue weighted by atomic mass is 32.1. The lowest BCUT2D eigenvalue weighted by Crippen LogP contribution is -2.15. The van der Waals surface area contributed by atoms with E-state index in [-0.39, 0.29) is 5.56 Å². The fraction of sp³-hybridized carbons (Fsp3) is 0.273. The summed E-state index contributed by atoms with van der Waals surface area (Å²) in [7, 11) is 0. The summed E-state index contributed by atoms with van der Waals surface area (Å²) in [5.74, 6) is 0.678. The Labute approximate surface area is 91.8 Å². The lowest BCUT2D eigenvalue weighted by Gasteiger charge is -2.03. The van der Waals surface area contributed by atoms with Crippen molar-refractivity contribution in [1.29, 1.82) is 0 Å². The smallest absolute Gasteiger partial charge is 0.254 e. The van der Waals surface area contributed by atoms with Crippen LogP contribution in [-0.2, 0) is 6.42 Å². The molecule has 0 atom stereocenters. The van der Waals surface area contributed by atoms with Gasteiger partial charge in [-0.3, -0.25) is 4.79 Å². The van der Waals surface area contributed by atoms with E-state index in [0.717, 1.165) is 22.6 Å². The summed E-state index contributed by atoms with van der Waals surface area (Å²) in [5.41, 5.74) is 1.56. The van der Waals surface area contributed by atoms with E-state index in [0.29, 0.717) is 5.82 Å². The second kappa shape index (κ2) is 3.98. The number of aromatic nitrogens is 2. The fourth-order valence-corrected chi connectivity index (χ4v) is 2.12. The lowest BCUT2D eigenvalue weighted by molar-refractivity contribution is 0.957. The zero-order chi connectivity index (χ0) is 10.8. The Morgan fingerprint density at radius 3 is 2.93 bits per heavy atom. The summed E-state index contributed by atoms with van der Waals surface area (Å²) < 4.78 is 0. The molecule has 0 unspecified atom stereocenters. The van der Waals surface area contributed by atoms with E-state index in [2.05, 4.69) is 9.97 Å². The molecule has 0 aliphatic heterocycles. The molecule has 0 aliphatic carbocycles. The van der Waals surface area contributed by atoms with Crippen LogP contribution in [0.4, 0.5) is 0 Å². The quantitative estimate of drug-likeness (QED) is 0.844. The highest BCUT2D eigenvalue weighted by Crippen LogP contribution is 2.20. The Hall–Kier alpha value is -1.42. The molecule has 0 saturated carbocycles. The molecular weight excluding hydrogens is 208 g/mol. The van der Waals surface area contributed by atoms with Gasteiger partial charge in [-0.2, -0.15) is 0 Å². The predicted molar refractivity (Wildman–Crippen MR) is 62.3 cm³/mol. The van der Waals surface area contributed by atoms with Gasteiger partial charge in [0.15, 0.2) is 5.82 Å². The van der Waals surface area contributed by atoms with Crippen molar-refractivity contribution in [2.45, 2.75) is 20.3 Å². The molecule has 2 aromatic heterocycles. The van der Waals surface area contributed by atoms with E-state index in [1.54, 1.807) is 11.3 Å². The van der Waals surface area contributed by atoms with Crippen LogP contribution >= 0.6 is 11.3 Å². The maximum Gasteiger partial charge on any atom is 0.254 e. The van der Waals surface area contributed by atoms with Gasteiger partial charge in [-0.15, -0.1) is 11.3 Å². The van der Waals surface area contributed by atoms with Crippen molar-refractivity contribution in [2.75, 3.05) is 0 Å². The van der Waals surface area contributed by atoms with Crippen molar-refractivity contribution in [3.63, 3.8) is 0 Å². The molecule has 4 heteroatoms. The minimum atomic E-state index is -0.0368. The fourth-order valence-electron chi connectivity index (χ4n) is 1.45. The second-order valence-electron chi connectivity index (χ2n) is 3.32.